The summed E-state index contributed by atoms with van der Waals surface area (Å²) >= 11 is 1.91. The normalized spacial score (nSPS) is 16.8. The third-order valence-electron chi connectivity index (χ3n) is 3.93. The van der Waals surface area contributed by atoms with Crippen LogP contribution in [0, 0.1) is 13.8 Å². The van der Waals surface area contributed by atoms with Gasteiger partial charge < -0.3 is 9.84 Å². The Labute approximate surface area is 130 Å². The van der Waals surface area contributed by atoms with Crippen LogP contribution < -0.4 is 4.74 Å². The number of benzene rings is 2. The molecule has 2 aromatic carbocycles. The summed E-state index contributed by atoms with van der Waals surface area (Å²) in [5.74, 6) is 2.51. The first-order chi connectivity index (χ1) is 10.2. The van der Waals surface area contributed by atoms with Crippen molar-refractivity contribution in [3.05, 3.63) is 58.7 Å². The van der Waals surface area contributed by atoms with E-state index in [1.807, 2.05) is 37.7 Å². The number of ether oxygens (including phenoxy) is 1. The van der Waals surface area contributed by atoms with Gasteiger partial charge in [-0.1, -0.05) is 30.3 Å². The molecule has 1 N–H and O–H groups in total. The molecule has 0 aliphatic carbocycles. The lowest BCUT2D eigenvalue weighted by molar-refractivity contribution is 0.279. The minimum absolute atomic E-state index is 0.0780. The minimum Gasteiger partial charge on any atom is -0.492 e. The Morgan fingerprint density at radius 1 is 1.19 bits per heavy atom. The van der Waals surface area contributed by atoms with Gasteiger partial charge in [0.1, 0.15) is 5.75 Å². The number of fused-ring (bicyclic) bond motifs is 1. The molecule has 2 nitrogen and oxygen atoms in total. The summed E-state index contributed by atoms with van der Waals surface area (Å²) in [7, 11) is 0. The Morgan fingerprint density at radius 3 is 2.62 bits per heavy atom. The molecule has 0 saturated heterocycles. The third kappa shape index (κ3) is 2.94. The molecule has 110 valence electrons. The summed E-state index contributed by atoms with van der Waals surface area (Å²) in [6.45, 7) is 4.87. The van der Waals surface area contributed by atoms with Crippen molar-refractivity contribution >= 4 is 11.8 Å². The molecular formula is C18H20O2S. The van der Waals surface area contributed by atoms with Gasteiger partial charge in [0.15, 0.2) is 0 Å². The van der Waals surface area contributed by atoms with Gasteiger partial charge in [-0.15, -0.1) is 11.8 Å². The Hall–Kier alpha value is -1.45. The van der Waals surface area contributed by atoms with Crippen LogP contribution in [-0.2, 0) is 6.61 Å². The largest absolute Gasteiger partial charge is 0.492 e. The molecule has 0 radical (unpaired) electrons. The fourth-order valence-electron chi connectivity index (χ4n) is 2.91. The van der Waals surface area contributed by atoms with Gasteiger partial charge >= 0.3 is 0 Å². The second kappa shape index (κ2) is 6.12. The molecule has 1 atom stereocenters. The molecule has 3 heteroatoms. The SMILES string of the molecule is Cc1cc(CO)cc(C)c1OCC1CSc2ccccc21. The lowest BCUT2D eigenvalue weighted by Crippen LogP contribution is -2.11. The van der Waals surface area contributed by atoms with Crippen molar-refractivity contribution in [2.24, 2.45) is 0 Å². The van der Waals surface area contributed by atoms with Crippen LogP contribution in [0.25, 0.3) is 0 Å². The number of hydrogen-bond donors (Lipinski definition) is 1. The monoisotopic (exact) mass is 300 g/mol. The molecule has 0 aromatic heterocycles. The molecule has 0 spiro atoms. The van der Waals surface area contributed by atoms with Crippen molar-refractivity contribution in [1.29, 1.82) is 0 Å². The van der Waals surface area contributed by atoms with E-state index in [1.165, 1.54) is 10.5 Å². The number of rotatable bonds is 4. The highest BCUT2D eigenvalue weighted by Crippen LogP contribution is 2.39. The van der Waals surface area contributed by atoms with Crippen molar-refractivity contribution in [2.75, 3.05) is 12.4 Å². The quantitative estimate of drug-likeness (QED) is 0.923. The highest BCUT2D eigenvalue weighted by Gasteiger charge is 2.23. The van der Waals surface area contributed by atoms with E-state index in [1.54, 1.807) is 0 Å². The fourth-order valence-corrected chi connectivity index (χ4v) is 4.14. The average Bonchev–Trinajstić information content (AvgIpc) is 2.89. The fraction of sp³-hybridized carbons (Fsp3) is 0.333. The van der Waals surface area contributed by atoms with Crippen molar-refractivity contribution in [2.45, 2.75) is 31.3 Å². The molecule has 1 unspecified atom stereocenters. The zero-order chi connectivity index (χ0) is 14.8. The van der Waals surface area contributed by atoms with Crippen molar-refractivity contribution < 1.29 is 9.84 Å². The summed E-state index contributed by atoms with van der Waals surface area (Å²) in [5.41, 5.74) is 4.54. The van der Waals surface area contributed by atoms with E-state index in [2.05, 4.69) is 24.3 Å². The summed E-state index contributed by atoms with van der Waals surface area (Å²) in [4.78, 5) is 1.38. The molecule has 0 bridgehead atoms. The van der Waals surface area contributed by atoms with Gasteiger partial charge in [0.05, 0.1) is 13.2 Å². The van der Waals surface area contributed by atoms with Crippen LogP contribution in [0.15, 0.2) is 41.3 Å². The smallest absolute Gasteiger partial charge is 0.125 e. The second-order valence-corrected chi connectivity index (χ2v) is 6.64. The van der Waals surface area contributed by atoms with Crippen LogP contribution in [0.5, 0.6) is 5.75 Å². The van der Waals surface area contributed by atoms with Crippen LogP contribution >= 0.6 is 11.8 Å². The predicted octanol–water partition coefficient (Wildman–Crippen LogP) is 4.06. The van der Waals surface area contributed by atoms with Gasteiger partial charge in [-0.2, -0.15) is 0 Å². The molecule has 3 rings (SSSR count). The summed E-state index contributed by atoms with van der Waals surface area (Å²) in [6, 6.07) is 12.6. The molecule has 1 aliphatic heterocycles. The molecule has 1 heterocycles. The Balaban J connectivity index is 1.75. The van der Waals surface area contributed by atoms with Crippen molar-refractivity contribution in [1.82, 2.24) is 0 Å². The molecular weight excluding hydrogens is 280 g/mol. The number of aliphatic hydroxyl groups is 1. The molecule has 2 aromatic rings. The zero-order valence-corrected chi connectivity index (χ0v) is 13.2. The predicted molar refractivity (Wildman–Crippen MR) is 87.2 cm³/mol. The minimum atomic E-state index is 0.0780. The first kappa shape index (κ1) is 14.5. The van der Waals surface area contributed by atoms with Gasteiger partial charge in [-0.25, -0.2) is 0 Å². The van der Waals surface area contributed by atoms with Crippen molar-refractivity contribution in [3.8, 4) is 5.75 Å². The first-order valence-corrected chi connectivity index (χ1v) is 8.23. The van der Waals surface area contributed by atoms with E-state index in [0.717, 1.165) is 28.2 Å². The Morgan fingerprint density at radius 2 is 1.90 bits per heavy atom. The molecule has 1 aliphatic rings. The second-order valence-electron chi connectivity index (χ2n) is 5.57. The van der Waals surface area contributed by atoms with E-state index in [4.69, 9.17) is 4.74 Å². The lowest BCUT2D eigenvalue weighted by Gasteiger charge is -2.17. The highest BCUT2D eigenvalue weighted by molar-refractivity contribution is 7.99. The summed E-state index contributed by atoms with van der Waals surface area (Å²) in [5, 5.41) is 9.25. The molecule has 0 saturated carbocycles. The van der Waals surface area contributed by atoms with E-state index in [-0.39, 0.29) is 6.61 Å². The molecule has 21 heavy (non-hydrogen) atoms. The van der Waals surface area contributed by atoms with Crippen LogP contribution in [0.1, 0.15) is 28.2 Å². The van der Waals surface area contributed by atoms with Crippen LogP contribution in [0.3, 0.4) is 0 Å². The summed E-state index contributed by atoms with van der Waals surface area (Å²) < 4.78 is 6.11. The first-order valence-electron chi connectivity index (χ1n) is 7.24. The highest BCUT2D eigenvalue weighted by atomic mass is 32.2. The standard InChI is InChI=1S/C18H20O2S/c1-12-7-14(9-19)8-13(2)18(12)20-10-15-11-21-17-6-4-3-5-16(15)17/h3-8,15,19H,9-11H2,1-2H3. The van der Waals surface area contributed by atoms with Crippen LogP contribution in [0.4, 0.5) is 0 Å². The Kier molecular flexibility index (Phi) is 4.22. The average molecular weight is 300 g/mol. The van der Waals surface area contributed by atoms with E-state index in [0.29, 0.717) is 12.5 Å². The number of aryl methyl sites for hydroxylation is 2. The van der Waals surface area contributed by atoms with Gasteiger partial charge in [-0.05, 0) is 42.2 Å². The number of thioether (sulfide) groups is 1. The van der Waals surface area contributed by atoms with Crippen LogP contribution in [0.2, 0.25) is 0 Å². The molecule has 0 fully saturated rings. The maximum absolute atomic E-state index is 9.25. The topological polar surface area (TPSA) is 29.5 Å². The van der Waals surface area contributed by atoms with E-state index in [9.17, 15) is 5.11 Å². The third-order valence-corrected chi connectivity index (χ3v) is 5.18. The Bertz CT molecular complexity index is 628. The number of aliphatic hydroxyl groups excluding tert-OH is 1. The van der Waals surface area contributed by atoms with E-state index >= 15 is 0 Å². The molecule has 0 amide bonds. The van der Waals surface area contributed by atoms with Gasteiger partial charge in [0.2, 0.25) is 0 Å². The lowest BCUT2D eigenvalue weighted by atomic mass is 10.0. The number of hydrogen-bond acceptors (Lipinski definition) is 3. The van der Waals surface area contributed by atoms with Crippen LogP contribution in [-0.4, -0.2) is 17.5 Å². The van der Waals surface area contributed by atoms with Gasteiger partial charge in [0.25, 0.3) is 0 Å². The van der Waals surface area contributed by atoms with Gasteiger partial charge in [-0.3, -0.25) is 0 Å². The van der Waals surface area contributed by atoms with Crippen molar-refractivity contribution in [3.63, 3.8) is 0 Å². The van der Waals surface area contributed by atoms with E-state index < -0.39 is 0 Å². The van der Waals surface area contributed by atoms with Gasteiger partial charge in [0, 0.05) is 16.6 Å². The maximum atomic E-state index is 9.25. The maximum Gasteiger partial charge on any atom is 0.125 e. The zero-order valence-electron chi connectivity index (χ0n) is 12.4. The summed E-state index contributed by atoms with van der Waals surface area (Å²) in [6.07, 6.45) is 0.